The molecule has 0 radical (unpaired) electrons. The van der Waals surface area contributed by atoms with E-state index in [1.165, 1.54) is 12.0 Å². The molecule has 1 aromatic heterocycles. The van der Waals surface area contributed by atoms with Crippen LogP contribution >= 0.6 is 0 Å². The standard InChI is InChI=1S/C11H18N4O4/c1-5-8-13-14-9(19-8)6-15(3)10(16)7(2)12-11(17)18-4/h7H,5-6H2,1-4H3,(H,12,17). The first-order valence-electron chi connectivity index (χ1n) is 5.88. The lowest BCUT2D eigenvalue weighted by atomic mass is 10.3. The number of carbonyl (C=O) groups is 2. The van der Waals surface area contributed by atoms with Crippen molar-refractivity contribution in [3.05, 3.63) is 11.8 Å². The normalized spacial score (nSPS) is 11.8. The maximum atomic E-state index is 11.9. The lowest BCUT2D eigenvalue weighted by Gasteiger charge is -2.20. The molecule has 1 rings (SSSR count). The van der Waals surface area contributed by atoms with Gasteiger partial charge in [0.25, 0.3) is 0 Å². The molecular formula is C11H18N4O4. The predicted octanol–water partition coefficient (Wildman–Crippen LogP) is 0.335. The van der Waals surface area contributed by atoms with Crippen LogP contribution < -0.4 is 5.32 Å². The Balaban J connectivity index is 2.54. The molecule has 0 bridgehead atoms. The van der Waals surface area contributed by atoms with Crippen molar-refractivity contribution in [3.63, 3.8) is 0 Å². The van der Waals surface area contributed by atoms with Crippen LogP contribution in [0.25, 0.3) is 0 Å². The molecule has 106 valence electrons. The molecule has 1 atom stereocenters. The van der Waals surface area contributed by atoms with E-state index < -0.39 is 12.1 Å². The molecule has 8 heteroatoms. The van der Waals surface area contributed by atoms with E-state index in [-0.39, 0.29) is 12.5 Å². The summed E-state index contributed by atoms with van der Waals surface area (Å²) in [5, 5.41) is 10.0. The first kappa shape index (κ1) is 14.9. The highest BCUT2D eigenvalue weighted by Gasteiger charge is 2.21. The van der Waals surface area contributed by atoms with Crippen molar-refractivity contribution >= 4 is 12.0 Å². The third-order valence-corrected chi connectivity index (χ3v) is 2.45. The number of aryl methyl sites for hydroxylation is 1. The van der Waals surface area contributed by atoms with Gasteiger partial charge in [-0.15, -0.1) is 10.2 Å². The van der Waals surface area contributed by atoms with Crippen LogP contribution in [0.2, 0.25) is 0 Å². The van der Waals surface area contributed by atoms with Crippen LogP contribution in [0.15, 0.2) is 4.42 Å². The Hall–Kier alpha value is -2.12. The van der Waals surface area contributed by atoms with E-state index in [1.807, 2.05) is 6.92 Å². The fraction of sp³-hybridized carbons (Fsp3) is 0.636. The largest absolute Gasteiger partial charge is 0.453 e. The second-order valence-electron chi connectivity index (χ2n) is 3.99. The monoisotopic (exact) mass is 270 g/mol. The van der Waals surface area contributed by atoms with Crippen LogP contribution in [0.3, 0.4) is 0 Å². The Morgan fingerprint density at radius 2 is 2.05 bits per heavy atom. The van der Waals surface area contributed by atoms with Crippen molar-refractivity contribution in [1.29, 1.82) is 0 Å². The fourth-order valence-corrected chi connectivity index (χ4v) is 1.40. The molecule has 0 aromatic carbocycles. The van der Waals surface area contributed by atoms with Crippen LogP contribution in [0.4, 0.5) is 4.79 Å². The van der Waals surface area contributed by atoms with E-state index in [2.05, 4.69) is 20.3 Å². The molecule has 0 aliphatic heterocycles. The van der Waals surface area contributed by atoms with Gasteiger partial charge in [-0.2, -0.15) is 0 Å². The summed E-state index contributed by atoms with van der Waals surface area (Å²) in [6, 6.07) is -0.689. The number of nitrogens with one attached hydrogen (secondary N) is 1. The maximum absolute atomic E-state index is 11.9. The zero-order valence-electron chi connectivity index (χ0n) is 11.5. The lowest BCUT2D eigenvalue weighted by Crippen LogP contribution is -2.45. The highest BCUT2D eigenvalue weighted by atomic mass is 16.5. The molecule has 0 fully saturated rings. The zero-order valence-corrected chi connectivity index (χ0v) is 11.5. The molecule has 0 aliphatic carbocycles. The number of nitrogens with zero attached hydrogens (tertiary/aromatic N) is 3. The van der Waals surface area contributed by atoms with Gasteiger partial charge in [-0.1, -0.05) is 6.92 Å². The first-order valence-corrected chi connectivity index (χ1v) is 5.88. The number of ether oxygens (including phenoxy) is 1. The topological polar surface area (TPSA) is 97.6 Å². The van der Waals surface area contributed by atoms with Crippen LogP contribution in [0.1, 0.15) is 25.6 Å². The van der Waals surface area contributed by atoms with E-state index in [1.54, 1.807) is 14.0 Å². The molecule has 1 N–H and O–H groups in total. The molecule has 1 aromatic rings. The van der Waals surface area contributed by atoms with Gasteiger partial charge in [0, 0.05) is 13.5 Å². The van der Waals surface area contributed by atoms with Gasteiger partial charge in [-0.25, -0.2) is 4.79 Å². The number of likely N-dealkylation sites (N-methyl/N-ethyl adjacent to an activating group) is 1. The third kappa shape index (κ3) is 4.23. The molecule has 0 aliphatic rings. The number of rotatable bonds is 5. The molecular weight excluding hydrogens is 252 g/mol. The summed E-state index contributed by atoms with van der Waals surface area (Å²) >= 11 is 0. The molecule has 0 saturated carbocycles. The summed E-state index contributed by atoms with van der Waals surface area (Å²) in [7, 11) is 2.83. The minimum Gasteiger partial charge on any atom is -0.453 e. The van der Waals surface area contributed by atoms with E-state index in [0.29, 0.717) is 18.2 Å². The zero-order chi connectivity index (χ0) is 14.4. The fourth-order valence-electron chi connectivity index (χ4n) is 1.40. The molecule has 1 heterocycles. The summed E-state index contributed by atoms with van der Waals surface area (Å²) in [6.45, 7) is 3.66. The van der Waals surface area contributed by atoms with Gasteiger partial charge < -0.3 is 19.4 Å². The van der Waals surface area contributed by atoms with Crippen molar-refractivity contribution < 1.29 is 18.7 Å². The van der Waals surface area contributed by atoms with E-state index in [4.69, 9.17) is 4.42 Å². The number of amides is 2. The van der Waals surface area contributed by atoms with Gasteiger partial charge in [-0.3, -0.25) is 4.79 Å². The lowest BCUT2D eigenvalue weighted by molar-refractivity contribution is -0.132. The number of hydrogen-bond donors (Lipinski definition) is 1. The van der Waals surface area contributed by atoms with E-state index in [0.717, 1.165) is 0 Å². The number of alkyl carbamates (subject to hydrolysis) is 1. The smallest absolute Gasteiger partial charge is 0.407 e. The van der Waals surface area contributed by atoms with E-state index in [9.17, 15) is 9.59 Å². The van der Waals surface area contributed by atoms with Gasteiger partial charge in [-0.05, 0) is 6.92 Å². The first-order chi connectivity index (χ1) is 8.97. The Labute approximate surface area is 111 Å². The second kappa shape index (κ2) is 6.72. The molecule has 19 heavy (non-hydrogen) atoms. The Morgan fingerprint density at radius 3 is 2.58 bits per heavy atom. The van der Waals surface area contributed by atoms with Gasteiger partial charge in [0.15, 0.2) is 0 Å². The number of methoxy groups -OCH3 is 1. The Morgan fingerprint density at radius 1 is 1.42 bits per heavy atom. The van der Waals surface area contributed by atoms with Gasteiger partial charge in [0.1, 0.15) is 6.04 Å². The van der Waals surface area contributed by atoms with Gasteiger partial charge in [0.2, 0.25) is 17.7 Å². The summed E-state index contributed by atoms with van der Waals surface area (Å²) in [6.07, 6.45) is -0.00868. The molecule has 2 amide bonds. The molecule has 8 nitrogen and oxygen atoms in total. The van der Waals surface area contributed by atoms with Crippen molar-refractivity contribution in [2.24, 2.45) is 0 Å². The number of carbonyl (C=O) groups excluding carboxylic acids is 2. The third-order valence-electron chi connectivity index (χ3n) is 2.45. The molecule has 0 spiro atoms. The number of hydrogen-bond acceptors (Lipinski definition) is 6. The summed E-state index contributed by atoms with van der Waals surface area (Å²) in [5.41, 5.74) is 0. The highest BCUT2D eigenvalue weighted by molar-refractivity contribution is 5.84. The molecule has 1 unspecified atom stereocenters. The molecule has 0 saturated heterocycles. The van der Waals surface area contributed by atoms with E-state index >= 15 is 0 Å². The highest BCUT2D eigenvalue weighted by Crippen LogP contribution is 2.04. The Kier molecular flexibility index (Phi) is 5.28. The average molecular weight is 270 g/mol. The average Bonchev–Trinajstić information content (AvgIpc) is 2.85. The second-order valence-corrected chi connectivity index (χ2v) is 3.99. The van der Waals surface area contributed by atoms with Crippen LogP contribution in [-0.2, 0) is 22.5 Å². The quantitative estimate of drug-likeness (QED) is 0.828. The SMILES string of the molecule is CCc1nnc(CN(C)C(=O)C(C)NC(=O)OC)o1. The van der Waals surface area contributed by atoms with Gasteiger partial charge >= 0.3 is 6.09 Å². The summed E-state index contributed by atoms with van der Waals surface area (Å²) in [4.78, 5) is 24.3. The minimum absolute atomic E-state index is 0.193. The van der Waals surface area contributed by atoms with Crippen LogP contribution in [-0.4, -0.2) is 47.3 Å². The maximum Gasteiger partial charge on any atom is 0.407 e. The van der Waals surface area contributed by atoms with Crippen molar-refractivity contribution in [2.75, 3.05) is 14.2 Å². The predicted molar refractivity (Wildman–Crippen MR) is 65.2 cm³/mol. The van der Waals surface area contributed by atoms with Crippen molar-refractivity contribution in [3.8, 4) is 0 Å². The number of aromatic nitrogens is 2. The van der Waals surface area contributed by atoms with Crippen LogP contribution in [0.5, 0.6) is 0 Å². The van der Waals surface area contributed by atoms with Gasteiger partial charge in [0.05, 0.1) is 13.7 Å². The summed E-state index contributed by atoms with van der Waals surface area (Å²) < 4.78 is 9.73. The van der Waals surface area contributed by atoms with Crippen LogP contribution in [0, 0.1) is 0 Å². The minimum atomic E-state index is -0.689. The Bertz CT molecular complexity index is 446. The van der Waals surface area contributed by atoms with Crippen molar-refractivity contribution in [1.82, 2.24) is 20.4 Å². The van der Waals surface area contributed by atoms with Crippen molar-refractivity contribution in [2.45, 2.75) is 32.9 Å². The summed E-state index contributed by atoms with van der Waals surface area (Å²) in [5.74, 6) is 0.608.